The maximum Gasteiger partial charge on any atom is 0.119 e. The van der Waals surface area contributed by atoms with Crippen LogP contribution in [0.2, 0.25) is 0 Å². The van der Waals surface area contributed by atoms with Gasteiger partial charge in [0.05, 0.1) is 7.11 Å². The van der Waals surface area contributed by atoms with Crippen LogP contribution >= 0.6 is 23.5 Å². The van der Waals surface area contributed by atoms with Gasteiger partial charge in [0.25, 0.3) is 0 Å². The van der Waals surface area contributed by atoms with Gasteiger partial charge in [0.2, 0.25) is 0 Å². The fraction of sp³-hybridized carbons (Fsp3) is 0.625. The van der Waals surface area contributed by atoms with Crippen molar-refractivity contribution in [3.05, 3.63) is 29.8 Å². The van der Waals surface area contributed by atoms with Crippen molar-refractivity contribution in [3.63, 3.8) is 0 Å². The molecule has 2 rings (SSSR count). The van der Waals surface area contributed by atoms with Crippen molar-refractivity contribution in [3.8, 4) is 5.75 Å². The highest BCUT2D eigenvalue weighted by Gasteiger charge is 2.32. The van der Waals surface area contributed by atoms with Gasteiger partial charge in [-0.1, -0.05) is 26.0 Å². The number of methoxy groups -OCH3 is 1. The number of ether oxygens (including phenoxy) is 1. The number of rotatable bonds is 6. The van der Waals surface area contributed by atoms with Crippen LogP contribution in [-0.2, 0) is 0 Å². The Hall–Kier alpha value is -0.320. The lowest BCUT2D eigenvalue weighted by atomic mass is 9.99. The summed E-state index contributed by atoms with van der Waals surface area (Å²) >= 11 is 4.27. The van der Waals surface area contributed by atoms with E-state index in [-0.39, 0.29) is 0 Å². The van der Waals surface area contributed by atoms with Crippen LogP contribution in [-0.4, -0.2) is 35.7 Å². The lowest BCUT2D eigenvalue weighted by Crippen LogP contribution is -2.38. The van der Waals surface area contributed by atoms with Crippen molar-refractivity contribution in [2.75, 3.05) is 25.2 Å². The third-order valence-electron chi connectivity index (χ3n) is 3.70. The van der Waals surface area contributed by atoms with Gasteiger partial charge in [-0.3, -0.25) is 0 Å². The second-order valence-corrected chi connectivity index (χ2v) is 7.60. The van der Waals surface area contributed by atoms with Gasteiger partial charge in [-0.25, -0.2) is 0 Å². The molecule has 1 aliphatic heterocycles. The van der Waals surface area contributed by atoms with Crippen LogP contribution < -0.4 is 10.1 Å². The largest absolute Gasteiger partial charge is 0.497 e. The topological polar surface area (TPSA) is 21.3 Å². The van der Waals surface area contributed by atoms with E-state index >= 15 is 0 Å². The molecule has 1 heterocycles. The molecule has 1 N–H and O–H groups in total. The van der Waals surface area contributed by atoms with Gasteiger partial charge in [0, 0.05) is 28.0 Å². The zero-order valence-electron chi connectivity index (χ0n) is 12.6. The van der Waals surface area contributed by atoms with Crippen LogP contribution in [0.15, 0.2) is 24.3 Å². The summed E-state index contributed by atoms with van der Waals surface area (Å²) in [5, 5.41) is 5.08. The first-order chi connectivity index (χ1) is 9.80. The standard InChI is InChI=1S/C16H25NOS2/c1-4-14-16(20-10-9-19-14)15(17-5-2)12-7-6-8-13(11-12)18-3/h6-8,11,14-17H,4-5,9-10H2,1-3H3. The quantitative estimate of drug-likeness (QED) is 0.857. The molecular formula is C16H25NOS2. The Labute approximate surface area is 131 Å². The Morgan fingerprint density at radius 3 is 2.80 bits per heavy atom. The average Bonchev–Trinajstić information content (AvgIpc) is 2.52. The zero-order chi connectivity index (χ0) is 14.4. The number of hydrogen-bond acceptors (Lipinski definition) is 4. The molecule has 112 valence electrons. The number of benzene rings is 1. The summed E-state index contributed by atoms with van der Waals surface area (Å²) in [6, 6.07) is 8.94. The average molecular weight is 312 g/mol. The molecule has 20 heavy (non-hydrogen) atoms. The van der Waals surface area contributed by atoms with E-state index in [0.29, 0.717) is 11.3 Å². The minimum absolute atomic E-state index is 0.415. The molecule has 0 aliphatic carbocycles. The van der Waals surface area contributed by atoms with Crippen molar-refractivity contribution in [2.45, 2.75) is 36.8 Å². The highest BCUT2D eigenvalue weighted by atomic mass is 32.2. The summed E-state index contributed by atoms with van der Waals surface area (Å²) in [5.41, 5.74) is 1.35. The molecule has 0 bridgehead atoms. The summed E-state index contributed by atoms with van der Waals surface area (Å²) in [5.74, 6) is 3.50. The molecule has 0 aromatic heterocycles. The minimum atomic E-state index is 0.415. The van der Waals surface area contributed by atoms with Gasteiger partial charge < -0.3 is 10.1 Å². The number of hydrogen-bond donors (Lipinski definition) is 1. The van der Waals surface area contributed by atoms with E-state index in [9.17, 15) is 0 Å². The molecule has 0 saturated carbocycles. The van der Waals surface area contributed by atoms with Gasteiger partial charge in [-0.05, 0) is 30.7 Å². The molecule has 1 saturated heterocycles. The summed E-state index contributed by atoms with van der Waals surface area (Å²) in [6.45, 7) is 5.50. The predicted molar refractivity (Wildman–Crippen MR) is 92.2 cm³/mol. The molecule has 0 amide bonds. The van der Waals surface area contributed by atoms with E-state index in [1.807, 2.05) is 6.07 Å². The zero-order valence-corrected chi connectivity index (χ0v) is 14.2. The van der Waals surface area contributed by atoms with Crippen LogP contribution in [0.1, 0.15) is 31.9 Å². The molecule has 2 nitrogen and oxygen atoms in total. The predicted octanol–water partition coefficient (Wildman–Crippen LogP) is 3.97. The Bertz CT molecular complexity index is 413. The van der Waals surface area contributed by atoms with Crippen LogP contribution in [0.5, 0.6) is 5.75 Å². The van der Waals surface area contributed by atoms with Gasteiger partial charge in [-0.15, -0.1) is 0 Å². The van der Waals surface area contributed by atoms with Gasteiger partial charge in [0.1, 0.15) is 5.75 Å². The lowest BCUT2D eigenvalue weighted by molar-refractivity contribution is 0.412. The van der Waals surface area contributed by atoms with Gasteiger partial charge in [-0.2, -0.15) is 23.5 Å². The van der Waals surface area contributed by atoms with E-state index < -0.39 is 0 Å². The first-order valence-electron chi connectivity index (χ1n) is 7.40. The van der Waals surface area contributed by atoms with Crippen LogP contribution in [0.4, 0.5) is 0 Å². The first kappa shape index (κ1) is 16.1. The third-order valence-corrected chi connectivity index (χ3v) is 7.05. The first-order valence-corrected chi connectivity index (χ1v) is 9.50. The van der Waals surface area contributed by atoms with Crippen LogP contribution in [0, 0.1) is 0 Å². The summed E-state index contributed by atoms with van der Waals surface area (Å²) in [6.07, 6.45) is 1.24. The molecule has 1 aromatic rings. The van der Waals surface area contributed by atoms with E-state index in [0.717, 1.165) is 17.5 Å². The Balaban J connectivity index is 2.24. The highest BCUT2D eigenvalue weighted by Crippen LogP contribution is 2.40. The van der Waals surface area contributed by atoms with Crippen molar-refractivity contribution in [1.82, 2.24) is 5.32 Å². The Morgan fingerprint density at radius 2 is 2.10 bits per heavy atom. The summed E-state index contributed by atoms with van der Waals surface area (Å²) in [7, 11) is 1.74. The summed E-state index contributed by atoms with van der Waals surface area (Å²) in [4.78, 5) is 0. The molecule has 1 aromatic carbocycles. The van der Waals surface area contributed by atoms with E-state index in [4.69, 9.17) is 4.74 Å². The normalized spacial score (nSPS) is 24.4. The smallest absolute Gasteiger partial charge is 0.119 e. The molecule has 3 atom stereocenters. The van der Waals surface area contributed by atoms with Crippen molar-refractivity contribution in [2.24, 2.45) is 0 Å². The van der Waals surface area contributed by atoms with Crippen molar-refractivity contribution in [1.29, 1.82) is 0 Å². The maximum atomic E-state index is 5.38. The molecular weight excluding hydrogens is 286 g/mol. The van der Waals surface area contributed by atoms with Crippen LogP contribution in [0.25, 0.3) is 0 Å². The maximum absolute atomic E-state index is 5.38. The Morgan fingerprint density at radius 1 is 1.30 bits per heavy atom. The van der Waals surface area contributed by atoms with E-state index in [2.05, 4.69) is 60.9 Å². The van der Waals surface area contributed by atoms with Gasteiger partial charge in [0.15, 0.2) is 0 Å². The SMILES string of the molecule is CCNC(c1cccc(OC)c1)C1SCCSC1CC. The van der Waals surface area contributed by atoms with E-state index in [1.54, 1.807) is 7.11 Å². The van der Waals surface area contributed by atoms with Crippen molar-refractivity contribution < 1.29 is 4.74 Å². The molecule has 1 fully saturated rings. The fourth-order valence-electron chi connectivity index (χ4n) is 2.73. The van der Waals surface area contributed by atoms with E-state index in [1.165, 1.54) is 23.5 Å². The lowest BCUT2D eigenvalue weighted by Gasteiger charge is -2.36. The second kappa shape index (κ2) is 8.20. The second-order valence-electron chi connectivity index (χ2n) is 4.96. The molecule has 0 spiro atoms. The number of nitrogens with one attached hydrogen (secondary N) is 1. The molecule has 3 unspecified atom stereocenters. The molecule has 0 radical (unpaired) electrons. The van der Waals surface area contributed by atoms with Crippen LogP contribution in [0.3, 0.4) is 0 Å². The van der Waals surface area contributed by atoms with Crippen molar-refractivity contribution >= 4 is 23.5 Å². The molecule has 4 heteroatoms. The minimum Gasteiger partial charge on any atom is -0.497 e. The third kappa shape index (κ3) is 3.86. The molecule has 1 aliphatic rings. The highest BCUT2D eigenvalue weighted by molar-refractivity contribution is 8.07. The van der Waals surface area contributed by atoms with Gasteiger partial charge >= 0.3 is 0 Å². The summed E-state index contributed by atoms with van der Waals surface area (Å²) < 4.78 is 5.38. The monoisotopic (exact) mass is 311 g/mol. The number of thioether (sulfide) groups is 2. The Kier molecular flexibility index (Phi) is 6.59. The fourth-order valence-corrected chi connectivity index (χ4v) is 5.98.